The Bertz CT molecular complexity index is 2730. The van der Waals surface area contributed by atoms with E-state index in [1.807, 2.05) is 212 Å². The molecule has 382 valence electrons. The first-order valence-electron chi connectivity index (χ1n) is 25.2. The zero-order valence-electron chi connectivity index (χ0n) is 41.6. The highest BCUT2D eigenvalue weighted by Gasteiger charge is 2.57. The van der Waals surface area contributed by atoms with Crippen molar-refractivity contribution in [1.29, 1.82) is 0 Å². The molecule has 1 unspecified atom stereocenters. The second kappa shape index (κ2) is 27.3. The molecule has 0 aliphatic carbocycles. The lowest BCUT2D eigenvalue weighted by Crippen LogP contribution is -2.67. The molecule has 10 atom stereocenters. The van der Waals surface area contributed by atoms with Gasteiger partial charge in [-0.2, -0.15) is 0 Å². The van der Waals surface area contributed by atoms with E-state index in [9.17, 15) is 5.11 Å². The first-order chi connectivity index (χ1) is 36.5. The predicted molar refractivity (Wildman–Crippen MR) is 279 cm³/mol. The maximum Gasteiger partial charge on any atom is 0.261 e. The van der Waals surface area contributed by atoms with Crippen LogP contribution in [0.2, 0.25) is 0 Å². The van der Waals surface area contributed by atoms with E-state index >= 15 is 0 Å². The standard InChI is InChI=1S/C63H64O11/c1-65-62-60(71-44-52-33-19-7-20-34-52)58(69-42-50-29-15-5-16-30-50)56(67-40-48-25-11-3-12-26-48)54(73-62)37-38-63(64)61(72-45-53-35-21-8-22-36-53)59(70-43-51-31-17-6-18-32-51)57(68-41-49-27-13-4-14-28-49)55(74-63)46-66-39-47-23-9-2-10-24-47/h2-36,54-62,64H,39-46H2,1H3/t54-,55-,56-,57-,58+,59+,60-,61-,62+,63?/m1/s1. The van der Waals surface area contributed by atoms with E-state index in [1.165, 1.54) is 0 Å². The van der Waals surface area contributed by atoms with E-state index in [-0.39, 0.29) is 52.9 Å². The van der Waals surface area contributed by atoms with Crippen molar-refractivity contribution in [3.05, 3.63) is 251 Å². The van der Waals surface area contributed by atoms with Gasteiger partial charge in [-0.1, -0.05) is 218 Å². The summed E-state index contributed by atoms with van der Waals surface area (Å²) in [5, 5.41) is 13.4. The molecule has 0 aromatic heterocycles. The molecule has 74 heavy (non-hydrogen) atoms. The Balaban J connectivity index is 1.11. The van der Waals surface area contributed by atoms with Gasteiger partial charge in [0.2, 0.25) is 0 Å². The highest BCUT2D eigenvalue weighted by molar-refractivity contribution is 5.25. The maximum atomic E-state index is 13.4. The van der Waals surface area contributed by atoms with Crippen LogP contribution in [0.4, 0.5) is 0 Å². The lowest BCUT2D eigenvalue weighted by atomic mass is 9.91. The summed E-state index contributed by atoms with van der Waals surface area (Å²) >= 11 is 0. The van der Waals surface area contributed by atoms with Crippen molar-refractivity contribution in [1.82, 2.24) is 0 Å². The summed E-state index contributed by atoms with van der Waals surface area (Å²) in [6.45, 7) is 1.46. The van der Waals surface area contributed by atoms with Crippen LogP contribution in [0.15, 0.2) is 212 Å². The number of ether oxygens (including phenoxy) is 10. The van der Waals surface area contributed by atoms with Gasteiger partial charge in [-0.15, -0.1) is 0 Å². The van der Waals surface area contributed by atoms with E-state index in [0.29, 0.717) is 0 Å². The third kappa shape index (κ3) is 14.7. The molecular formula is C63H64O11. The van der Waals surface area contributed by atoms with Crippen molar-refractivity contribution in [3.63, 3.8) is 0 Å². The molecule has 11 nitrogen and oxygen atoms in total. The SMILES string of the molecule is CO[C@H]1O[C@H](C#CC2(O)O[C@H](COCc3ccccc3)[C@@H](OCc3ccccc3)[C@H](OCc3ccccc3)[C@H]2OCc2ccccc2)[C@@H](OCc2ccccc2)[C@H](OCc2ccccc2)[C@H]1OCc1ccccc1. The number of methoxy groups -OCH3 is 1. The topological polar surface area (TPSA) is 113 Å². The van der Waals surface area contributed by atoms with Gasteiger partial charge in [-0.05, 0) is 44.9 Å². The second-order valence-electron chi connectivity index (χ2n) is 18.3. The number of aliphatic hydroxyl groups is 1. The van der Waals surface area contributed by atoms with Crippen LogP contribution in [0, 0.1) is 11.8 Å². The molecule has 2 heterocycles. The fourth-order valence-electron chi connectivity index (χ4n) is 9.09. The molecule has 0 spiro atoms. The van der Waals surface area contributed by atoms with Crippen molar-refractivity contribution < 1.29 is 52.5 Å². The molecule has 9 rings (SSSR count). The molecule has 0 amide bonds. The highest BCUT2D eigenvalue weighted by atomic mass is 16.7. The molecule has 7 aromatic rings. The molecule has 2 aliphatic rings. The van der Waals surface area contributed by atoms with Crippen LogP contribution >= 0.6 is 0 Å². The maximum absolute atomic E-state index is 13.4. The number of hydrogen-bond donors (Lipinski definition) is 1. The average Bonchev–Trinajstić information content (AvgIpc) is 3.46. The van der Waals surface area contributed by atoms with Crippen LogP contribution in [-0.4, -0.2) is 79.7 Å². The van der Waals surface area contributed by atoms with E-state index in [0.717, 1.165) is 38.9 Å². The Morgan fingerprint density at radius 2 is 0.743 bits per heavy atom. The average molecular weight is 997 g/mol. The Morgan fingerprint density at radius 3 is 1.15 bits per heavy atom. The van der Waals surface area contributed by atoms with Gasteiger partial charge in [-0.25, -0.2) is 0 Å². The Kier molecular flexibility index (Phi) is 19.4. The summed E-state index contributed by atoms with van der Waals surface area (Å²) in [6.07, 6.45) is -8.42. The fraction of sp³-hybridized carbons (Fsp3) is 0.302. The van der Waals surface area contributed by atoms with Crippen molar-refractivity contribution in [2.45, 2.75) is 107 Å². The van der Waals surface area contributed by atoms with E-state index in [1.54, 1.807) is 7.11 Å². The van der Waals surface area contributed by atoms with Crippen LogP contribution in [0.1, 0.15) is 38.9 Å². The van der Waals surface area contributed by atoms with Gasteiger partial charge in [0.05, 0.1) is 52.9 Å². The molecule has 0 saturated carbocycles. The molecule has 1 N–H and O–H groups in total. The summed E-state index contributed by atoms with van der Waals surface area (Å²) < 4.78 is 67.3. The van der Waals surface area contributed by atoms with Crippen molar-refractivity contribution in [2.75, 3.05) is 13.7 Å². The van der Waals surface area contributed by atoms with Crippen LogP contribution in [0.5, 0.6) is 0 Å². The van der Waals surface area contributed by atoms with Gasteiger partial charge < -0.3 is 52.5 Å². The predicted octanol–water partition coefficient (Wildman–Crippen LogP) is 10.2. The van der Waals surface area contributed by atoms with Gasteiger partial charge in [0, 0.05) is 7.11 Å². The van der Waals surface area contributed by atoms with E-state index in [2.05, 4.69) is 11.8 Å². The minimum atomic E-state index is -2.35. The van der Waals surface area contributed by atoms with Gasteiger partial charge in [0.15, 0.2) is 12.4 Å². The zero-order valence-corrected chi connectivity index (χ0v) is 41.6. The smallest absolute Gasteiger partial charge is 0.261 e. The molecular weight excluding hydrogens is 933 g/mol. The van der Waals surface area contributed by atoms with Gasteiger partial charge in [0.25, 0.3) is 5.79 Å². The monoisotopic (exact) mass is 996 g/mol. The largest absolute Gasteiger partial charge is 0.374 e. The summed E-state index contributed by atoms with van der Waals surface area (Å²) in [5.41, 5.74) is 6.54. The van der Waals surface area contributed by atoms with Crippen LogP contribution in [0.25, 0.3) is 0 Å². The lowest BCUT2D eigenvalue weighted by Gasteiger charge is -2.48. The molecule has 0 radical (unpaired) electrons. The molecule has 2 saturated heterocycles. The molecule has 7 aromatic carbocycles. The Morgan fingerprint density at radius 1 is 0.405 bits per heavy atom. The third-order valence-corrected chi connectivity index (χ3v) is 12.9. The van der Waals surface area contributed by atoms with E-state index < -0.39 is 60.9 Å². The van der Waals surface area contributed by atoms with Gasteiger partial charge >= 0.3 is 0 Å². The Labute approximate surface area is 434 Å². The van der Waals surface area contributed by atoms with Crippen molar-refractivity contribution in [2.24, 2.45) is 0 Å². The molecule has 2 aliphatic heterocycles. The Hall–Kier alpha value is -6.34. The van der Waals surface area contributed by atoms with Crippen LogP contribution < -0.4 is 0 Å². The summed E-state index contributed by atoms with van der Waals surface area (Å²) in [6, 6.07) is 69.0. The van der Waals surface area contributed by atoms with Crippen molar-refractivity contribution in [3.8, 4) is 11.8 Å². The quantitative estimate of drug-likeness (QED) is 0.0619. The number of hydrogen-bond acceptors (Lipinski definition) is 11. The fourth-order valence-corrected chi connectivity index (χ4v) is 9.09. The summed E-state index contributed by atoms with van der Waals surface area (Å²) in [7, 11) is 1.56. The second-order valence-corrected chi connectivity index (χ2v) is 18.3. The van der Waals surface area contributed by atoms with E-state index in [4.69, 9.17) is 47.4 Å². The number of rotatable bonds is 23. The minimum absolute atomic E-state index is 0.0132. The third-order valence-electron chi connectivity index (χ3n) is 12.9. The molecule has 11 heteroatoms. The molecule has 2 fully saturated rings. The first-order valence-corrected chi connectivity index (χ1v) is 25.2. The van der Waals surface area contributed by atoms with Gasteiger partial charge in [-0.3, -0.25) is 0 Å². The van der Waals surface area contributed by atoms with Gasteiger partial charge in [0.1, 0.15) is 42.7 Å². The normalized spacial score (nSPS) is 24.6. The lowest BCUT2D eigenvalue weighted by molar-refractivity contribution is -0.348. The number of benzene rings is 7. The van der Waals surface area contributed by atoms with Crippen molar-refractivity contribution >= 4 is 0 Å². The summed E-state index contributed by atoms with van der Waals surface area (Å²) in [5.74, 6) is 4.12. The first kappa shape index (κ1) is 52.5. The van der Waals surface area contributed by atoms with Crippen LogP contribution in [0.3, 0.4) is 0 Å². The highest BCUT2D eigenvalue weighted by Crippen LogP contribution is 2.37. The summed E-state index contributed by atoms with van der Waals surface area (Å²) in [4.78, 5) is 0. The minimum Gasteiger partial charge on any atom is -0.374 e. The van der Waals surface area contributed by atoms with Crippen LogP contribution in [-0.2, 0) is 93.6 Å². The molecule has 0 bridgehead atoms. The zero-order chi connectivity index (χ0) is 50.6.